The average molecular weight is 375 g/mol. The number of piperidine rings is 1. The van der Waals surface area contributed by atoms with Gasteiger partial charge in [-0.2, -0.15) is 4.31 Å². The van der Waals surface area contributed by atoms with Crippen molar-refractivity contribution in [1.82, 2.24) is 4.31 Å². The summed E-state index contributed by atoms with van der Waals surface area (Å²) in [4.78, 5) is 0.0391. The topological polar surface area (TPSA) is 90.0 Å². The lowest BCUT2D eigenvalue weighted by Gasteiger charge is -2.37. The zero-order chi connectivity index (χ0) is 17.6. The lowest BCUT2D eigenvalue weighted by Crippen LogP contribution is -2.47. The Morgan fingerprint density at radius 1 is 1.04 bits per heavy atom. The van der Waals surface area contributed by atoms with Crippen LogP contribution in [0.3, 0.4) is 0 Å². The zero-order valence-electron chi connectivity index (χ0n) is 13.7. The van der Waals surface area contributed by atoms with Crippen LogP contribution in [0, 0.1) is 6.92 Å². The number of aryl methyl sites for hydroxylation is 1. The van der Waals surface area contributed by atoms with Gasteiger partial charge in [0, 0.05) is 32.2 Å². The van der Waals surface area contributed by atoms with Gasteiger partial charge in [-0.1, -0.05) is 6.07 Å². The Morgan fingerprint density at radius 2 is 1.62 bits per heavy atom. The molecule has 9 heteroatoms. The molecule has 2 saturated heterocycles. The third kappa shape index (κ3) is 3.23. The van der Waals surface area contributed by atoms with Gasteiger partial charge in [0.1, 0.15) is 0 Å². The zero-order valence-corrected chi connectivity index (χ0v) is 15.3. The molecule has 2 aliphatic heterocycles. The molecule has 2 aliphatic rings. The van der Waals surface area contributed by atoms with Crippen LogP contribution in [0.2, 0.25) is 0 Å². The van der Waals surface area contributed by atoms with E-state index in [-0.39, 0.29) is 22.9 Å². The second-order valence-electron chi connectivity index (χ2n) is 6.21. The predicted octanol–water partition coefficient (Wildman–Crippen LogP) is 0.926. The minimum atomic E-state index is -3.76. The fourth-order valence-electron chi connectivity index (χ4n) is 3.08. The molecule has 2 fully saturated rings. The summed E-state index contributed by atoms with van der Waals surface area (Å²) in [5.74, 6) is -0.657. The average Bonchev–Trinajstić information content (AvgIpc) is 2.95. The van der Waals surface area contributed by atoms with E-state index in [1.54, 1.807) is 6.92 Å². The van der Waals surface area contributed by atoms with E-state index in [1.807, 2.05) is 0 Å². The molecule has 24 heavy (non-hydrogen) atoms. The van der Waals surface area contributed by atoms with E-state index in [9.17, 15) is 16.8 Å². The number of benzene rings is 1. The largest absolute Gasteiger partial charge is 0.347 e. The molecule has 0 N–H and O–H groups in total. The van der Waals surface area contributed by atoms with E-state index >= 15 is 0 Å². The SMILES string of the molecule is Cc1ccc(S(C)(=O)=O)cc1S(=O)(=O)N1CCC2(CC1)OCCO2. The number of ether oxygens (including phenoxy) is 2. The standard InChI is InChI=1S/C15H21NO6S2/c1-12-3-4-13(23(2,17)18)11-14(12)24(19,20)16-7-5-15(6-8-16)21-9-10-22-15/h3-4,11H,5-10H2,1-2H3. The van der Waals surface area contributed by atoms with Crippen molar-refractivity contribution in [2.24, 2.45) is 0 Å². The van der Waals surface area contributed by atoms with E-state index < -0.39 is 25.6 Å². The fourth-order valence-corrected chi connectivity index (χ4v) is 5.50. The van der Waals surface area contributed by atoms with Gasteiger partial charge in [-0.25, -0.2) is 16.8 Å². The summed E-state index contributed by atoms with van der Waals surface area (Å²) in [7, 11) is -7.24. The van der Waals surface area contributed by atoms with E-state index in [4.69, 9.17) is 9.47 Å². The Hall–Kier alpha value is -1.00. The summed E-state index contributed by atoms with van der Waals surface area (Å²) in [6, 6.07) is 4.19. The highest BCUT2D eigenvalue weighted by atomic mass is 32.2. The van der Waals surface area contributed by atoms with E-state index in [0.29, 0.717) is 31.6 Å². The Bertz CT molecular complexity index is 831. The van der Waals surface area contributed by atoms with Gasteiger partial charge in [0.25, 0.3) is 0 Å². The second-order valence-corrected chi connectivity index (χ2v) is 10.1. The summed E-state index contributed by atoms with van der Waals surface area (Å²) in [6.45, 7) is 3.29. The first kappa shape index (κ1) is 17.8. The van der Waals surface area contributed by atoms with Crippen molar-refractivity contribution in [3.8, 4) is 0 Å². The van der Waals surface area contributed by atoms with Gasteiger partial charge < -0.3 is 9.47 Å². The molecule has 0 amide bonds. The van der Waals surface area contributed by atoms with Crippen LogP contribution in [0.5, 0.6) is 0 Å². The second kappa shape index (κ2) is 6.06. The van der Waals surface area contributed by atoms with Gasteiger partial charge in [0.05, 0.1) is 23.0 Å². The Labute approximate surface area is 142 Å². The van der Waals surface area contributed by atoms with Crippen molar-refractivity contribution < 1.29 is 26.3 Å². The first-order valence-electron chi connectivity index (χ1n) is 7.73. The third-order valence-corrected chi connectivity index (χ3v) is 7.65. The quantitative estimate of drug-likeness (QED) is 0.781. The number of sulfonamides is 1. The normalized spacial score (nSPS) is 22.1. The maximum absolute atomic E-state index is 12.9. The Morgan fingerprint density at radius 3 is 2.17 bits per heavy atom. The number of hydrogen-bond acceptors (Lipinski definition) is 6. The molecule has 0 atom stereocenters. The molecule has 3 rings (SSSR count). The highest BCUT2D eigenvalue weighted by molar-refractivity contribution is 7.91. The molecular formula is C15H21NO6S2. The van der Waals surface area contributed by atoms with Crippen LogP contribution in [-0.2, 0) is 29.3 Å². The van der Waals surface area contributed by atoms with Crippen molar-refractivity contribution in [1.29, 1.82) is 0 Å². The molecule has 134 valence electrons. The van der Waals surface area contributed by atoms with E-state index in [2.05, 4.69) is 0 Å². The number of rotatable bonds is 3. The van der Waals surface area contributed by atoms with Gasteiger partial charge >= 0.3 is 0 Å². The fraction of sp³-hybridized carbons (Fsp3) is 0.600. The Kier molecular flexibility index (Phi) is 4.50. The van der Waals surface area contributed by atoms with Gasteiger partial charge in [-0.05, 0) is 24.6 Å². The molecule has 0 unspecified atom stereocenters. The van der Waals surface area contributed by atoms with Crippen LogP contribution < -0.4 is 0 Å². The number of sulfone groups is 1. The molecule has 0 aliphatic carbocycles. The molecule has 0 aromatic heterocycles. The summed E-state index contributed by atoms with van der Waals surface area (Å²) in [5.41, 5.74) is 0.524. The van der Waals surface area contributed by atoms with Crippen molar-refractivity contribution in [2.45, 2.75) is 35.3 Å². The van der Waals surface area contributed by atoms with Crippen molar-refractivity contribution in [2.75, 3.05) is 32.6 Å². The molecule has 0 bridgehead atoms. The van der Waals surface area contributed by atoms with Crippen LogP contribution in [0.4, 0.5) is 0 Å². The molecule has 2 heterocycles. The highest BCUT2D eigenvalue weighted by Gasteiger charge is 2.43. The summed E-state index contributed by atoms with van der Waals surface area (Å²) in [5, 5.41) is 0. The minimum absolute atomic E-state index is 0.00242. The smallest absolute Gasteiger partial charge is 0.243 e. The van der Waals surface area contributed by atoms with Crippen LogP contribution >= 0.6 is 0 Å². The van der Waals surface area contributed by atoms with Crippen LogP contribution in [0.15, 0.2) is 28.0 Å². The van der Waals surface area contributed by atoms with Gasteiger partial charge in [-0.3, -0.25) is 0 Å². The first-order chi connectivity index (χ1) is 11.1. The maximum Gasteiger partial charge on any atom is 0.243 e. The molecule has 1 aromatic rings. The van der Waals surface area contributed by atoms with Crippen molar-refractivity contribution in [3.63, 3.8) is 0 Å². The van der Waals surface area contributed by atoms with Crippen LogP contribution in [0.1, 0.15) is 18.4 Å². The monoisotopic (exact) mass is 375 g/mol. The summed E-state index contributed by atoms with van der Waals surface area (Å²) >= 11 is 0. The molecular weight excluding hydrogens is 354 g/mol. The molecule has 0 saturated carbocycles. The Balaban J connectivity index is 1.89. The van der Waals surface area contributed by atoms with Crippen molar-refractivity contribution >= 4 is 19.9 Å². The van der Waals surface area contributed by atoms with Crippen molar-refractivity contribution in [3.05, 3.63) is 23.8 Å². The lowest BCUT2D eigenvalue weighted by molar-refractivity contribution is -0.179. The number of nitrogens with zero attached hydrogens (tertiary/aromatic N) is 1. The molecule has 0 radical (unpaired) electrons. The van der Waals surface area contributed by atoms with E-state index in [1.165, 1.54) is 22.5 Å². The number of hydrogen-bond donors (Lipinski definition) is 0. The third-order valence-electron chi connectivity index (χ3n) is 4.50. The first-order valence-corrected chi connectivity index (χ1v) is 11.1. The van der Waals surface area contributed by atoms with Gasteiger partial charge in [0.15, 0.2) is 15.6 Å². The lowest BCUT2D eigenvalue weighted by atomic mass is 10.1. The predicted molar refractivity (Wildman–Crippen MR) is 86.9 cm³/mol. The van der Waals surface area contributed by atoms with Gasteiger partial charge in [-0.15, -0.1) is 0 Å². The van der Waals surface area contributed by atoms with Gasteiger partial charge in [0.2, 0.25) is 10.0 Å². The summed E-state index contributed by atoms with van der Waals surface area (Å²) in [6.07, 6.45) is 2.00. The molecule has 7 nitrogen and oxygen atoms in total. The summed E-state index contributed by atoms with van der Waals surface area (Å²) < 4.78 is 61.9. The van der Waals surface area contributed by atoms with E-state index in [0.717, 1.165) is 6.26 Å². The van der Waals surface area contributed by atoms with Crippen LogP contribution in [0.25, 0.3) is 0 Å². The van der Waals surface area contributed by atoms with Crippen LogP contribution in [-0.4, -0.2) is 59.5 Å². The minimum Gasteiger partial charge on any atom is -0.347 e. The highest BCUT2D eigenvalue weighted by Crippen LogP contribution is 2.34. The molecule has 1 spiro atoms. The maximum atomic E-state index is 12.9. The molecule has 1 aromatic carbocycles.